The zero-order valence-corrected chi connectivity index (χ0v) is 13.3. The molecule has 2 aromatic heterocycles. The van der Waals surface area contributed by atoms with Crippen molar-refractivity contribution in [3.05, 3.63) is 29.7 Å². The first-order valence-corrected chi connectivity index (χ1v) is 7.80. The summed E-state index contributed by atoms with van der Waals surface area (Å²) in [5, 5.41) is 7.78. The molecule has 9 heteroatoms. The van der Waals surface area contributed by atoms with Gasteiger partial charge in [-0.3, -0.25) is 4.40 Å². The number of guanidine groups is 1. The number of pyridine rings is 1. The van der Waals surface area contributed by atoms with Crippen LogP contribution in [0.4, 0.5) is 13.2 Å². The van der Waals surface area contributed by atoms with Gasteiger partial charge in [0.15, 0.2) is 17.4 Å². The second kappa shape index (κ2) is 6.29. The van der Waals surface area contributed by atoms with Crippen LogP contribution in [0.5, 0.6) is 0 Å². The van der Waals surface area contributed by atoms with E-state index >= 15 is 0 Å². The molecule has 1 fully saturated rings. The molecule has 0 saturated carbocycles. The molecule has 0 spiro atoms. The number of hydrogen-bond acceptors (Lipinski definition) is 3. The van der Waals surface area contributed by atoms with Crippen molar-refractivity contribution in [2.24, 2.45) is 16.6 Å². The van der Waals surface area contributed by atoms with Crippen molar-refractivity contribution in [3.8, 4) is 0 Å². The number of hydrogen-bond donors (Lipinski definition) is 1. The first kappa shape index (κ1) is 16.5. The van der Waals surface area contributed by atoms with Gasteiger partial charge in [0.05, 0.1) is 5.56 Å². The SMILES string of the molecule is CC1CCCN(C(N)=NCc2nnc3ccc(C(F)(F)F)cn23)C1. The number of aliphatic imine (C=N–C) groups is 1. The average molecular weight is 340 g/mol. The van der Waals surface area contributed by atoms with Gasteiger partial charge in [0.2, 0.25) is 0 Å². The first-order chi connectivity index (χ1) is 11.3. The largest absolute Gasteiger partial charge is 0.417 e. The van der Waals surface area contributed by atoms with Crippen molar-refractivity contribution >= 4 is 11.6 Å². The number of nitrogens with two attached hydrogens (primary N) is 1. The molecule has 1 atom stereocenters. The van der Waals surface area contributed by atoms with Gasteiger partial charge in [-0.25, -0.2) is 4.99 Å². The molecule has 3 heterocycles. The second-order valence-electron chi connectivity index (χ2n) is 6.13. The summed E-state index contributed by atoms with van der Waals surface area (Å²) in [7, 11) is 0. The topological polar surface area (TPSA) is 71.8 Å². The van der Waals surface area contributed by atoms with Gasteiger partial charge in [0.1, 0.15) is 6.54 Å². The van der Waals surface area contributed by atoms with E-state index in [1.807, 2.05) is 4.90 Å². The van der Waals surface area contributed by atoms with Crippen LogP contribution in [-0.2, 0) is 12.7 Å². The molecular formula is C15H19F3N6. The van der Waals surface area contributed by atoms with Crippen molar-refractivity contribution in [2.75, 3.05) is 13.1 Å². The number of fused-ring (bicyclic) bond motifs is 1. The van der Waals surface area contributed by atoms with E-state index in [9.17, 15) is 13.2 Å². The minimum Gasteiger partial charge on any atom is -0.370 e. The van der Waals surface area contributed by atoms with E-state index in [4.69, 9.17) is 5.73 Å². The zero-order chi connectivity index (χ0) is 17.3. The molecule has 2 N–H and O–H groups in total. The molecule has 6 nitrogen and oxygen atoms in total. The lowest BCUT2D eigenvalue weighted by Crippen LogP contribution is -2.43. The van der Waals surface area contributed by atoms with Crippen LogP contribution in [0.25, 0.3) is 5.65 Å². The number of piperidine rings is 1. The Balaban J connectivity index is 1.81. The fraction of sp³-hybridized carbons (Fsp3) is 0.533. The fourth-order valence-corrected chi connectivity index (χ4v) is 2.86. The highest BCUT2D eigenvalue weighted by Gasteiger charge is 2.31. The van der Waals surface area contributed by atoms with Gasteiger partial charge in [0.25, 0.3) is 0 Å². The molecule has 1 unspecified atom stereocenters. The van der Waals surface area contributed by atoms with Crippen LogP contribution in [0, 0.1) is 5.92 Å². The lowest BCUT2D eigenvalue weighted by atomic mass is 10.0. The summed E-state index contributed by atoms with van der Waals surface area (Å²) >= 11 is 0. The van der Waals surface area contributed by atoms with Crippen LogP contribution in [0.2, 0.25) is 0 Å². The molecule has 0 aromatic carbocycles. The molecule has 24 heavy (non-hydrogen) atoms. The third-order valence-corrected chi connectivity index (χ3v) is 4.16. The van der Waals surface area contributed by atoms with E-state index in [1.165, 1.54) is 16.9 Å². The minimum absolute atomic E-state index is 0.0825. The van der Waals surface area contributed by atoms with E-state index in [-0.39, 0.29) is 6.54 Å². The third kappa shape index (κ3) is 3.44. The summed E-state index contributed by atoms with van der Waals surface area (Å²) in [6.45, 7) is 3.93. The Morgan fingerprint density at radius 3 is 2.88 bits per heavy atom. The van der Waals surface area contributed by atoms with Crippen LogP contribution in [-0.4, -0.2) is 38.5 Å². The molecular weight excluding hydrogens is 321 g/mol. The Morgan fingerprint density at radius 2 is 2.17 bits per heavy atom. The highest BCUT2D eigenvalue weighted by molar-refractivity contribution is 5.78. The Hall–Kier alpha value is -2.32. The molecule has 1 aliphatic heterocycles. The molecule has 1 saturated heterocycles. The van der Waals surface area contributed by atoms with Gasteiger partial charge in [-0.05, 0) is 30.9 Å². The van der Waals surface area contributed by atoms with E-state index in [0.29, 0.717) is 23.3 Å². The third-order valence-electron chi connectivity index (χ3n) is 4.16. The summed E-state index contributed by atoms with van der Waals surface area (Å²) in [6.07, 6.45) is -1.21. The van der Waals surface area contributed by atoms with Crippen molar-refractivity contribution < 1.29 is 13.2 Å². The summed E-state index contributed by atoms with van der Waals surface area (Å²) < 4.78 is 39.8. The Bertz CT molecular complexity index is 751. The maximum Gasteiger partial charge on any atom is 0.417 e. The van der Waals surface area contributed by atoms with Gasteiger partial charge in [-0.15, -0.1) is 10.2 Å². The highest BCUT2D eigenvalue weighted by Crippen LogP contribution is 2.29. The minimum atomic E-state index is -4.41. The number of aromatic nitrogens is 3. The monoisotopic (exact) mass is 340 g/mol. The molecule has 1 aliphatic rings. The fourth-order valence-electron chi connectivity index (χ4n) is 2.86. The maximum absolute atomic E-state index is 12.8. The van der Waals surface area contributed by atoms with Crippen molar-refractivity contribution in [3.63, 3.8) is 0 Å². The summed E-state index contributed by atoms with van der Waals surface area (Å²) in [6, 6.07) is 2.28. The Morgan fingerprint density at radius 1 is 1.38 bits per heavy atom. The molecule has 0 bridgehead atoms. The number of halogens is 3. The Labute approximate surface area is 137 Å². The highest BCUT2D eigenvalue weighted by atomic mass is 19.4. The normalized spacial score (nSPS) is 19.9. The van der Waals surface area contributed by atoms with Crippen molar-refractivity contribution in [1.29, 1.82) is 0 Å². The number of alkyl halides is 3. The van der Waals surface area contributed by atoms with Gasteiger partial charge in [-0.2, -0.15) is 13.2 Å². The van der Waals surface area contributed by atoms with E-state index in [0.717, 1.165) is 31.8 Å². The molecule has 2 aromatic rings. The second-order valence-corrected chi connectivity index (χ2v) is 6.13. The molecule has 0 radical (unpaired) electrons. The van der Waals surface area contributed by atoms with E-state index < -0.39 is 11.7 Å². The zero-order valence-electron chi connectivity index (χ0n) is 13.3. The molecule has 130 valence electrons. The first-order valence-electron chi connectivity index (χ1n) is 7.80. The Kier molecular flexibility index (Phi) is 4.33. The quantitative estimate of drug-likeness (QED) is 0.673. The molecule has 0 aliphatic carbocycles. The van der Waals surface area contributed by atoms with Gasteiger partial charge >= 0.3 is 6.18 Å². The molecule has 0 amide bonds. The van der Waals surface area contributed by atoms with Gasteiger partial charge < -0.3 is 10.6 Å². The van der Waals surface area contributed by atoms with Crippen LogP contribution in [0.3, 0.4) is 0 Å². The van der Waals surface area contributed by atoms with Crippen molar-refractivity contribution in [2.45, 2.75) is 32.5 Å². The summed E-state index contributed by atoms with van der Waals surface area (Å²) in [5.41, 5.74) is 5.60. The predicted octanol–water partition coefficient (Wildman–Crippen LogP) is 2.29. The van der Waals surface area contributed by atoms with Crippen LogP contribution >= 0.6 is 0 Å². The lowest BCUT2D eigenvalue weighted by molar-refractivity contribution is -0.137. The standard InChI is InChI=1S/C15H19F3N6/c1-10-3-2-6-23(8-10)14(19)20-7-13-22-21-12-5-4-11(9-24(12)13)15(16,17)18/h4-5,9-10H,2-3,6-8H2,1H3,(H2,19,20). The van der Waals surface area contributed by atoms with Crippen molar-refractivity contribution in [1.82, 2.24) is 19.5 Å². The van der Waals surface area contributed by atoms with E-state index in [1.54, 1.807) is 0 Å². The number of rotatable bonds is 2. The average Bonchev–Trinajstić information content (AvgIpc) is 2.94. The summed E-state index contributed by atoms with van der Waals surface area (Å²) in [4.78, 5) is 6.28. The number of likely N-dealkylation sites (tertiary alicyclic amines) is 1. The number of nitrogens with zero attached hydrogens (tertiary/aromatic N) is 5. The van der Waals surface area contributed by atoms with Gasteiger partial charge in [0, 0.05) is 19.3 Å². The van der Waals surface area contributed by atoms with Crippen LogP contribution < -0.4 is 5.73 Å². The smallest absolute Gasteiger partial charge is 0.370 e. The summed E-state index contributed by atoms with van der Waals surface area (Å²) in [5.74, 6) is 1.27. The van der Waals surface area contributed by atoms with Gasteiger partial charge in [-0.1, -0.05) is 6.92 Å². The maximum atomic E-state index is 12.8. The van der Waals surface area contributed by atoms with Crippen LogP contribution in [0.15, 0.2) is 23.3 Å². The predicted molar refractivity (Wildman–Crippen MR) is 83.3 cm³/mol. The van der Waals surface area contributed by atoms with Crippen LogP contribution in [0.1, 0.15) is 31.2 Å². The van der Waals surface area contributed by atoms with E-state index in [2.05, 4.69) is 22.1 Å². The lowest BCUT2D eigenvalue weighted by Gasteiger charge is -2.31. The molecule has 3 rings (SSSR count).